The molecule has 0 aliphatic carbocycles. The monoisotopic (exact) mass is 363 g/mol. The lowest BCUT2D eigenvalue weighted by Gasteiger charge is -2.34. The minimum absolute atomic E-state index is 0.0707. The summed E-state index contributed by atoms with van der Waals surface area (Å²) in [6, 6.07) is 10.0. The number of sulfonamides is 1. The molecule has 0 saturated heterocycles. The molecule has 6 nitrogen and oxygen atoms in total. The fourth-order valence-corrected chi connectivity index (χ4v) is 4.85. The van der Waals surface area contributed by atoms with Gasteiger partial charge in [0, 0.05) is 18.2 Å². The number of fused-ring (bicyclic) bond motifs is 1. The predicted octanol–water partition coefficient (Wildman–Crippen LogP) is 2.64. The molecule has 0 saturated carbocycles. The second-order valence-corrected chi connectivity index (χ2v) is 7.74. The number of hydrogen-bond acceptors (Lipinski definition) is 5. The molecule has 1 N–H and O–H groups in total. The van der Waals surface area contributed by atoms with Crippen molar-refractivity contribution in [1.29, 1.82) is 0 Å². The van der Waals surface area contributed by atoms with E-state index in [1.807, 2.05) is 19.1 Å². The normalized spacial score (nSPS) is 17.1. The molecule has 1 atom stereocenters. The maximum atomic E-state index is 13.3. The van der Waals surface area contributed by atoms with E-state index in [9.17, 15) is 13.5 Å². The fraction of sp³-hybridized carbons (Fsp3) is 0.333. The Morgan fingerprint density at radius 2 is 1.92 bits per heavy atom. The minimum atomic E-state index is -3.85. The van der Waals surface area contributed by atoms with E-state index in [2.05, 4.69) is 0 Å². The zero-order valence-corrected chi connectivity index (χ0v) is 15.2. The first-order valence-corrected chi connectivity index (χ1v) is 9.36. The standard InChI is InChI=1S/C18H21NO5S/c1-12-5-4-6-14-15(20)9-10-19(18(12)14)25(21,22)17-8-7-13(23-2)11-16(17)24-3/h4-8,11,15,20H,9-10H2,1-3H3. The molecular weight excluding hydrogens is 342 g/mol. The molecule has 0 fully saturated rings. The Morgan fingerprint density at radius 1 is 1.16 bits per heavy atom. The molecule has 0 spiro atoms. The van der Waals surface area contributed by atoms with Gasteiger partial charge in [-0.05, 0) is 31.0 Å². The predicted molar refractivity (Wildman–Crippen MR) is 94.8 cm³/mol. The summed E-state index contributed by atoms with van der Waals surface area (Å²) in [5, 5.41) is 10.2. The van der Waals surface area contributed by atoms with Gasteiger partial charge >= 0.3 is 0 Å². The van der Waals surface area contributed by atoms with Gasteiger partial charge < -0.3 is 14.6 Å². The highest BCUT2D eigenvalue weighted by Gasteiger charge is 2.35. The highest BCUT2D eigenvalue weighted by Crippen LogP contribution is 2.41. The van der Waals surface area contributed by atoms with Crippen molar-refractivity contribution >= 4 is 15.7 Å². The summed E-state index contributed by atoms with van der Waals surface area (Å²) in [4.78, 5) is 0.0707. The quantitative estimate of drug-likeness (QED) is 0.904. The van der Waals surface area contributed by atoms with Gasteiger partial charge in [0.2, 0.25) is 0 Å². The number of methoxy groups -OCH3 is 2. The van der Waals surface area contributed by atoms with E-state index in [0.29, 0.717) is 23.4 Å². The maximum absolute atomic E-state index is 13.3. The molecule has 0 bridgehead atoms. The number of benzene rings is 2. The molecule has 1 heterocycles. The minimum Gasteiger partial charge on any atom is -0.497 e. The maximum Gasteiger partial charge on any atom is 0.268 e. The number of para-hydroxylation sites is 1. The summed E-state index contributed by atoms with van der Waals surface area (Å²) >= 11 is 0. The topological polar surface area (TPSA) is 76.1 Å². The van der Waals surface area contributed by atoms with Crippen molar-refractivity contribution in [2.45, 2.75) is 24.3 Å². The van der Waals surface area contributed by atoms with Crippen LogP contribution in [0.1, 0.15) is 23.7 Å². The summed E-state index contributed by atoms with van der Waals surface area (Å²) in [5.41, 5.74) is 1.97. The second kappa shape index (κ2) is 6.57. The van der Waals surface area contributed by atoms with Crippen molar-refractivity contribution in [1.82, 2.24) is 0 Å². The number of aliphatic hydroxyl groups is 1. The number of nitrogens with zero attached hydrogens (tertiary/aromatic N) is 1. The van der Waals surface area contributed by atoms with E-state index in [1.165, 1.54) is 24.6 Å². The number of rotatable bonds is 4. The van der Waals surface area contributed by atoms with Gasteiger partial charge in [0.25, 0.3) is 10.0 Å². The van der Waals surface area contributed by atoms with Crippen LogP contribution in [0.5, 0.6) is 11.5 Å². The van der Waals surface area contributed by atoms with E-state index < -0.39 is 16.1 Å². The van der Waals surface area contributed by atoms with Crippen LogP contribution in [0.4, 0.5) is 5.69 Å². The van der Waals surface area contributed by atoms with Crippen LogP contribution in [0, 0.1) is 6.92 Å². The molecule has 0 aromatic heterocycles. The lowest BCUT2D eigenvalue weighted by atomic mass is 9.98. The number of hydrogen-bond donors (Lipinski definition) is 1. The lowest BCUT2D eigenvalue weighted by Crippen LogP contribution is -2.37. The summed E-state index contributed by atoms with van der Waals surface area (Å²) in [6.45, 7) is 2.04. The zero-order valence-electron chi connectivity index (χ0n) is 14.4. The molecule has 1 aliphatic rings. The van der Waals surface area contributed by atoms with Crippen LogP contribution >= 0.6 is 0 Å². The number of aryl methyl sites for hydroxylation is 1. The van der Waals surface area contributed by atoms with Gasteiger partial charge in [-0.25, -0.2) is 8.42 Å². The van der Waals surface area contributed by atoms with Crippen LogP contribution in [-0.2, 0) is 10.0 Å². The first-order chi connectivity index (χ1) is 11.9. The zero-order chi connectivity index (χ0) is 18.2. The van der Waals surface area contributed by atoms with Gasteiger partial charge in [-0.1, -0.05) is 18.2 Å². The van der Waals surface area contributed by atoms with E-state index in [4.69, 9.17) is 9.47 Å². The average molecular weight is 363 g/mol. The third-order valence-corrected chi connectivity index (χ3v) is 6.26. The Morgan fingerprint density at radius 3 is 2.60 bits per heavy atom. The third-order valence-electron chi connectivity index (χ3n) is 4.42. The van der Waals surface area contributed by atoms with E-state index in [-0.39, 0.29) is 17.2 Å². The van der Waals surface area contributed by atoms with Crippen LogP contribution in [0.25, 0.3) is 0 Å². The Labute approximate surface area is 147 Å². The van der Waals surface area contributed by atoms with Gasteiger partial charge in [-0.3, -0.25) is 4.31 Å². The van der Waals surface area contributed by atoms with Crippen molar-refractivity contribution in [3.05, 3.63) is 47.5 Å². The van der Waals surface area contributed by atoms with E-state index in [0.717, 1.165) is 5.56 Å². The summed E-state index contributed by atoms with van der Waals surface area (Å²) in [6.07, 6.45) is -0.326. The van der Waals surface area contributed by atoms with Gasteiger partial charge in [0.05, 0.1) is 26.0 Å². The first kappa shape index (κ1) is 17.6. The number of ether oxygens (including phenoxy) is 2. The van der Waals surface area contributed by atoms with Gasteiger partial charge in [0.1, 0.15) is 16.4 Å². The van der Waals surface area contributed by atoms with Gasteiger partial charge in [0.15, 0.2) is 0 Å². The number of aliphatic hydroxyl groups excluding tert-OH is 1. The van der Waals surface area contributed by atoms with Gasteiger partial charge in [-0.2, -0.15) is 0 Å². The van der Waals surface area contributed by atoms with Gasteiger partial charge in [-0.15, -0.1) is 0 Å². The summed E-state index contributed by atoms with van der Waals surface area (Å²) in [7, 11) is -0.915. The molecule has 2 aromatic rings. The Balaban J connectivity index is 2.16. The number of anilines is 1. The Bertz CT molecular complexity index is 894. The lowest BCUT2D eigenvalue weighted by molar-refractivity contribution is 0.166. The van der Waals surface area contributed by atoms with Crippen LogP contribution < -0.4 is 13.8 Å². The Kier molecular flexibility index (Phi) is 4.62. The molecule has 1 aliphatic heterocycles. The molecule has 0 amide bonds. The smallest absolute Gasteiger partial charge is 0.268 e. The average Bonchev–Trinajstić information content (AvgIpc) is 2.61. The van der Waals surface area contributed by atoms with Crippen molar-refractivity contribution < 1.29 is 23.0 Å². The van der Waals surface area contributed by atoms with Crippen molar-refractivity contribution in [3.8, 4) is 11.5 Å². The molecule has 134 valence electrons. The largest absolute Gasteiger partial charge is 0.497 e. The fourth-order valence-electron chi connectivity index (χ4n) is 3.15. The third kappa shape index (κ3) is 2.94. The van der Waals surface area contributed by atoms with Crippen LogP contribution in [0.2, 0.25) is 0 Å². The van der Waals surface area contributed by atoms with Crippen molar-refractivity contribution in [2.24, 2.45) is 0 Å². The molecule has 0 radical (unpaired) electrons. The SMILES string of the molecule is COc1ccc(S(=O)(=O)N2CCC(O)c3cccc(C)c32)c(OC)c1. The Hall–Kier alpha value is -2.25. The molecule has 25 heavy (non-hydrogen) atoms. The molecule has 3 rings (SSSR count). The van der Waals surface area contributed by atoms with E-state index in [1.54, 1.807) is 18.2 Å². The molecule has 1 unspecified atom stereocenters. The van der Waals surface area contributed by atoms with Crippen LogP contribution in [-0.4, -0.2) is 34.3 Å². The van der Waals surface area contributed by atoms with Crippen LogP contribution in [0.3, 0.4) is 0 Å². The summed E-state index contributed by atoms with van der Waals surface area (Å²) in [5.74, 6) is 0.738. The highest BCUT2D eigenvalue weighted by molar-refractivity contribution is 7.93. The summed E-state index contributed by atoms with van der Waals surface area (Å²) < 4.78 is 38.4. The highest BCUT2D eigenvalue weighted by atomic mass is 32.2. The molecular formula is C18H21NO5S. The van der Waals surface area contributed by atoms with E-state index >= 15 is 0 Å². The second-order valence-electron chi connectivity index (χ2n) is 5.91. The van der Waals surface area contributed by atoms with Crippen molar-refractivity contribution in [3.63, 3.8) is 0 Å². The van der Waals surface area contributed by atoms with Crippen LogP contribution in [0.15, 0.2) is 41.3 Å². The first-order valence-electron chi connectivity index (χ1n) is 7.92. The molecule has 7 heteroatoms. The molecule has 2 aromatic carbocycles. The van der Waals surface area contributed by atoms with Crippen molar-refractivity contribution in [2.75, 3.05) is 25.1 Å².